The average Bonchev–Trinajstić information content (AvgIpc) is 2.39. The minimum absolute atomic E-state index is 0.131. The van der Waals surface area contributed by atoms with Crippen molar-refractivity contribution in [2.75, 3.05) is 6.54 Å². The summed E-state index contributed by atoms with van der Waals surface area (Å²) in [6.45, 7) is 0.247. The molecule has 1 saturated heterocycles. The van der Waals surface area contributed by atoms with Gasteiger partial charge in [-0.3, -0.25) is 14.5 Å². The normalized spacial score (nSPS) is 17.4. The van der Waals surface area contributed by atoms with Crippen molar-refractivity contribution in [3.63, 3.8) is 0 Å². The second kappa shape index (κ2) is 5.93. The van der Waals surface area contributed by atoms with E-state index in [0.717, 1.165) is 5.56 Å². The number of carbonyl (C=O) groups is 2. The molecule has 0 spiro atoms. The van der Waals surface area contributed by atoms with E-state index < -0.39 is 0 Å². The number of amides is 2. The summed E-state index contributed by atoms with van der Waals surface area (Å²) >= 11 is 5.07. The van der Waals surface area contributed by atoms with Crippen molar-refractivity contribution in [1.29, 1.82) is 0 Å². The number of thiocarbonyl (C=S) groups is 1. The molecule has 4 nitrogen and oxygen atoms in total. The standard InChI is InChI=1S/C14H16N2O2S/c15-14(19)11(10-5-2-1-3-6-10)9-16-12(17)7-4-8-13(16)18/h1-3,5-6,11H,4,7-9H2,(H2,15,19). The van der Waals surface area contributed by atoms with Gasteiger partial charge in [0.2, 0.25) is 11.8 Å². The highest BCUT2D eigenvalue weighted by Crippen LogP contribution is 2.21. The Morgan fingerprint density at radius 2 is 1.79 bits per heavy atom. The van der Waals surface area contributed by atoms with Crippen LogP contribution in [0, 0.1) is 0 Å². The smallest absolute Gasteiger partial charge is 0.229 e. The molecule has 5 heteroatoms. The van der Waals surface area contributed by atoms with Gasteiger partial charge in [0.15, 0.2) is 0 Å². The van der Waals surface area contributed by atoms with Crippen molar-refractivity contribution in [2.24, 2.45) is 5.73 Å². The molecule has 1 atom stereocenters. The number of piperidine rings is 1. The largest absolute Gasteiger partial charge is 0.393 e. The minimum atomic E-state index is -0.276. The highest BCUT2D eigenvalue weighted by molar-refractivity contribution is 7.80. The highest BCUT2D eigenvalue weighted by Gasteiger charge is 2.29. The van der Waals surface area contributed by atoms with E-state index in [-0.39, 0.29) is 24.3 Å². The third kappa shape index (κ3) is 3.17. The lowest BCUT2D eigenvalue weighted by molar-refractivity contribution is -0.147. The first-order chi connectivity index (χ1) is 9.09. The fraction of sp³-hybridized carbons (Fsp3) is 0.357. The van der Waals surface area contributed by atoms with Crippen molar-refractivity contribution in [3.8, 4) is 0 Å². The molecule has 1 unspecified atom stereocenters. The van der Waals surface area contributed by atoms with Crippen molar-refractivity contribution in [1.82, 2.24) is 4.90 Å². The van der Waals surface area contributed by atoms with Crippen LogP contribution in [0.2, 0.25) is 0 Å². The highest BCUT2D eigenvalue weighted by atomic mass is 32.1. The van der Waals surface area contributed by atoms with Crippen molar-refractivity contribution in [3.05, 3.63) is 35.9 Å². The topological polar surface area (TPSA) is 63.4 Å². The Morgan fingerprint density at radius 1 is 1.21 bits per heavy atom. The first-order valence-electron chi connectivity index (χ1n) is 6.27. The predicted molar refractivity (Wildman–Crippen MR) is 76.5 cm³/mol. The summed E-state index contributed by atoms with van der Waals surface area (Å²) in [7, 11) is 0. The maximum absolute atomic E-state index is 11.8. The van der Waals surface area contributed by atoms with E-state index in [1.54, 1.807) is 0 Å². The number of rotatable bonds is 4. The molecule has 19 heavy (non-hydrogen) atoms. The number of hydrogen-bond acceptors (Lipinski definition) is 3. The van der Waals surface area contributed by atoms with Gasteiger partial charge in [-0.25, -0.2) is 0 Å². The molecule has 2 N–H and O–H groups in total. The van der Waals surface area contributed by atoms with E-state index in [2.05, 4.69) is 0 Å². The molecular formula is C14H16N2O2S. The van der Waals surface area contributed by atoms with Gasteiger partial charge in [-0.2, -0.15) is 0 Å². The van der Waals surface area contributed by atoms with Crippen LogP contribution >= 0.6 is 12.2 Å². The van der Waals surface area contributed by atoms with Crippen LogP contribution in [0.3, 0.4) is 0 Å². The van der Waals surface area contributed by atoms with Gasteiger partial charge in [-0.15, -0.1) is 0 Å². The summed E-state index contributed by atoms with van der Waals surface area (Å²) < 4.78 is 0. The molecule has 0 radical (unpaired) electrons. The Morgan fingerprint density at radius 3 is 2.32 bits per heavy atom. The van der Waals surface area contributed by atoms with Crippen molar-refractivity contribution in [2.45, 2.75) is 25.2 Å². The number of likely N-dealkylation sites (tertiary alicyclic amines) is 1. The molecule has 0 saturated carbocycles. The van der Waals surface area contributed by atoms with Crippen LogP contribution in [-0.2, 0) is 9.59 Å². The van der Waals surface area contributed by atoms with Crippen LogP contribution in [0.15, 0.2) is 30.3 Å². The molecule has 1 fully saturated rings. The van der Waals surface area contributed by atoms with Crippen molar-refractivity contribution >= 4 is 29.0 Å². The molecule has 1 aromatic carbocycles. The van der Waals surface area contributed by atoms with Gasteiger partial charge in [0.05, 0.1) is 10.9 Å². The molecule has 1 aromatic rings. The molecule has 2 rings (SSSR count). The first-order valence-corrected chi connectivity index (χ1v) is 6.68. The Bertz CT molecular complexity index is 485. The lowest BCUT2D eigenvalue weighted by Crippen LogP contribution is -2.44. The van der Waals surface area contributed by atoms with Gasteiger partial charge in [-0.1, -0.05) is 42.5 Å². The number of carbonyl (C=O) groups excluding carboxylic acids is 2. The molecule has 0 aliphatic carbocycles. The quantitative estimate of drug-likeness (QED) is 0.670. The summed E-state index contributed by atoms with van der Waals surface area (Å²) in [5.74, 6) is -0.538. The van der Waals surface area contributed by atoms with Gasteiger partial charge in [-0.05, 0) is 12.0 Å². The lowest BCUT2D eigenvalue weighted by atomic mass is 9.97. The van der Waals surface area contributed by atoms with Crippen LogP contribution < -0.4 is 5.73 Å². The molecule has 0 bridgehead atoms. The lowest BCUT2D eigenvalue weighted by Gasteiger charge is -2.28. The van der Waals surface area contributed by atoms with Gasteiger partial charge in [0, 0.05) is 19.4 Å². The summed E-state index contributed by atoms with van der Waals surface area (Å²) in [5, 5.41) is 0. The van der Waals surface area contributed by atoms with E-state index in [0.29, 0.717) is 24.3 Å². The van der Waals surface area contributed by atoms with Crippen LogP contribution in [0.4, 0.5) is 0 Å². The third-order valence-corrected chi connectivity index (χ3v) is 3.58. The van der Waals surface area contributed by atoms with E-state index in [4.69, 9.17) is 18.0 Å². The van der Waals surface area contributed by atoms with E-state index in [1.165, 1.54) is 4.90 Å². The fourth-order valence-electron chi connectivity index (χ4n) is 2.23. The number of nitrogens with two attached hydrogens (primary N) is 1. The number of hydrogen-bond donors (Lipinski definition) is 1. The third-order valence-electron chi connectivity index (χ3n) is 3.29. The molecule has 1 aliphatic rings. The first kappa shape index (κ1) is 13.7. The Kier molecular flexibility index (Phi) is 4.27. The second-order valence-corrected chi connectivity index (χ2v) is 5.09. The molecule has 100 valence electrons. The van der Waals surface area contributed by atoms with E-state index in [1.807, 2.05) is 30.3 Å². The Balaban J connectivity index is 2.19. The van der Waals surface area contributed by atoms with Crippen LogP contribution in [0.5, 0.6) is 0 Å². The van der Waals surface area contributed by atoms with Gasteiger partial charge >= 0.3 is 0 Å². The SMILES string of the molecule is NC(=S)C(CN1C(=O)CCCC1=O)c1ccccc1. The molecule has 0 aromatic heterocycles. The molecular weight excluding hydrogens is 260 g/mol. The molecule has 1 heterocycles. The molecule has 2 amide bonds. The summed E-state index contributed by atoms with van der Waals surface area (Å²) in [4.78, 5) is 25.2. The van der Waals surface area contributed by atoms with E-state index >= 15 is 0 Å². The predicted octanol–water partition coefficient (Wildman–Crippen LogP) is 1.60. The summed E-state index contributed by atoms with van der Waals surface area (Å²) in [5.41, 5.74) is 6.69. The minimum Gasteiger partial charge on any atom is -0.393 e. The second-order valence-electron chi connectivity index (χ2n) is 4.62. The van der Waals surface area contributed by atoms with Gasteiger partial charge in [0.25, 0.3) is 0 Å². The monoisotopic (exact) mass is 276 g/mol. The summed E-state index contributed by atoms with van der Waals surface area (Å²) in [6.07, 6.45) is 1.48. The average molecular weight is 276 g/mol. The van der Waals surface area contributed by atoms with Crippen LogP contribution in [0.1, 0.15) is 30.7 Å². The van der Waals surface area contributed by atoms with Crippen molar-refractivity contribution < 1.29 is 9.59 Å². The summed E-state index contributed by atoms with van der Waals surface area (Å²) in [6, 6.07) is 9.49. The fourth-order valence-corrected chi connectivity index (χ4v) is 2.44. The van der Waals surface area contributed by atoms with Crippen LogP contribution in [0.25, 0.3) is 0 Å². The zero-order valence-electron chi connectivity index (χ0n) is 10.5. The zero-order chi connectivity index (χ0) is 13.8. The maximum Gasteiger partial charge on any atom is 0.229 e. The Hall–Kier alpha value is -1.75. The Labute approximate surface area is 117 Å². The number of benzene rings is 1. The number of nitrogens with zero attached hydrogens (tertiary/aromatic N) is 1. The zero-order valence-corrected chi connectivity index (χ0v) is 11.4. The maximum atomic E-state index is 11.8. The number of imide groups is 1. The van der Waals surface area contributed by atoms with Crippen LogP contribution in [-0.4, -0.2) is 28.2 Å². The molecule has 1 aliphatic heterocycles. The van der Waals surface area contributed by atoms with E-state index in [9.17, 15) is 9.59 Å². The van der Waals surface area contributed by atoms with Gasteiger partial charge in [0.1, 0.15) is 0 Å². The van der Waals surface area contributed by atoms with Gasteiger partial charge < -0.3 is 5.73 Å².